The third kappa shape index (κ3) is 6.02. The van der Waals surface area contributed by atoms with Gasteiger partial charge in [-0.25, -0.2) is 0 Å². The minimum absolute atomic E-state index is 0.406. The van der Waals surface area contributed by atoms with Gasteiger partial charge in [-0.3, -0.25) is 0 Å². The summed E-state index contributed by atoms with van der Waals surface area (Å²) in [5.74, 6) is -1.26. The van der Waals surface area contributed by atoms with Crippen molar-refractivity contribution in [2.24, 2.45) is 5.41 Å². The fourth-order valence-electron chi connectivity index (χ4n) is 1.05. The lowest BCUT2D eigenvalue weighted by Gasteiger charge is -2.23. The normalized spacial score (nSPS) is 13.2. The van der Waals surface area contributed by atoms with Crippen LogP contribution < -0.4 is 0 Å². The van der Waals surface area contributed by atoms with E-state index in [1.165, 1.54) is 0 Å². The third-order valence-corrected chi connectivity index (χ3v) is 3.37. The van der Waals surface area contributed by atoms with Gasteiger partial charge in [0.15, 0.2) is 0 Å². The Bertz CT molecular complexity index is 363. The van der Waals surface area contributed by atoms with Crippen LogP contribution >= 0.6 is 8.03 Å². The molecule has 114 valence electrons. The molecule has 0 radical (unpaired) electrons. The third-order valence-electron chi connectivity index (χ3n) is 2.65. The second-order valence-corrected chi connectivity index (χ2v) is 5.31. The first kappa shape index (κ1) is 19.1. The largest absolute Gasteiger partial charge is 0.542 e. The van der Waals surface area contributed by atoms with Gasteiger partial charge in [0.05, 0.1) is 31.8 Å². The lowest BCUT2D eigenvalue weighted by Crippen LogP contribution is -2.37. The van der Waals surface area contributed by atoms with Gasteiger partial charge in [0.2, 0.25) is 0 Å². The van der Waals surface area contributed by atoms with Crippen LogP contribution in [0.5, 0.6) is 0 Å². The maximum atomic E-state index is 10.4. The summed E-state index contributed by atoms with van der Waals surface area (Å²) in [5, 5.41) is 43.1. The maximum absolute atomic E-state index is 10.4. The van der Waals surface area contributed by atoms with Gasteiger partial charge in [-0.15, -0.1) is 0 Å². The highest BCUT2D eigenvalue weighted by Gasteiger charge is 2.27. The predicted molar refractivity (Wildman–Crippen MR) is 72.0 cm³/mol. The van der Waals surface area contributed by atoms with Crippen LogP contribution in [0.1, 0.15) is 11.4 Å². The van der Waals surface area contributed by atoms with Crippen LogP contribution in [0.2, 0.25) is 0 Å². The first-order valence-electron chi connectivity index (χ1n) is 5.78. The van der Waals surface area contributed by atoms with E-state index in [-0.39, 0.29) is 0 Å². The molecule has 0 aliphatic heterocycles. The van der Waals surface area contributed by atoms with Crippen molar-refractivity contribution in [3.63, 3.8) is 0 Å². The molecule has 0 saturated carbocycles. The van der Waals surface area contributed by atoms with Crippen molar-refractivity contribution in [3.8, 4) is 0 Å². The Morgan fingerprint density at radius 3 is 1.60 bits per heavy atom. The van der Waals surface area contributed by atoms with E-state index in [0.29, 0.717) is 5.56 Å². The number of hydrogen-bond donors (Lipinski definition) is 6. The van der Waals surface area contributed by atoms with Gasteiger partial charge in [0.1, 0.15) is 0 Å². The molecule has 0 aromatic heterocycles. The quantitative estimate of drug-likeness (QED) is 0.384. The molecule has 1 aromatic carbocycles. The molecule has 1 rings (SSSR count). The van der Waals surface area contributed by atoms with Gasteiger partial charge in [-0.1, -0.05) is 30.3 Å². The van der Waals surface area contributed by atoms with Gasteiger partial charge >= 0.3 is 13.9 Å². The zero-order valence-electron chi connectivity index (χ0n) is 10.8. The molecule has 0 aliphatic rings. The van der Waals surface area contributed by atoms with Crippen molar-refractivity contribution >= 4 is 8.03 Å². The summed E-state index contributed by atoms with van der Waals surface area (Å²) in [6.07, 6.45) is 0. The molecule has 2 unspecified atom stereocenters. The molecular formula is C12H20O7P+. The summed E-state index contributed by atoms with van der Waals surface area (Å²) in [4.78, 5) is 8.53. The van der Waals surface area contributed by atoms with Crippen LogP contribution in [0.4, 0.5) is 0 Å². The first-order chi connectivity index (χ1) is 9.46. The van der Waals surface area contributed by atoms with E-state index in [1.54, 1.807) is 30.3 Å². The van der Waals surface area contributed by atoms with Crippen LogP contribution in [-0.2, 0) is 4.57 Å². The molecule has 8 heteroatoms. The summed E-state index contributed by atoms with van der Waals surface area (Å²) in [6.45, 7) is -1.62. The lowest BCUT2D eigenvalue weighted by atomic mass is 9.93. The molecule has 0 amide bonds. The maximum Gasteiger partial charge on any atom is 0.542 e. The molecule has 0 bridgehead atoms. The molecule has 2 atom stereocenters. The van der Waals surface area contributed by atoms with Crippen LogP contribution in [-0.4, -0.2) is 56.9 Å². The smallest absolute Gasteiger partial charge is 0.396 e. The van der Waals surface area contributed by atoms with E-state index in [1.807, 2.05) is 0 Å². The van der Waals surface area contributed by atoms with Gasteiger partial charge in [0, 0.05) is 5.56 Å². The number of rotatable bonds is 6. The van der Waals surface area contributed by atoms with Crippen molar-refractivity contribution in [2.75, 3.05) is 26.4 Å². The van der Waals surface area contributed by atoms with E-state index in [9.17, 15) is 4.57 Å². The van der Waals surface area contributed by atoms with E-state index >= 15 is 0 Å². The molecule has 1 aromatic rings. The Labute approximate surface area is 117 Å². The van der Waals surface area contributed by atoms with Crippen molar-refractivity contribution in [2.45, 2.75) is 5.85 Å². The van der Waals surface area contributed by atoms with Crippen LogP contribution in [0.15, 0.2) is 30.3 Å². The molecule has 0 fully saturated rings. The number of aliphatic hydroxyl groups is 5. The Balaban J connectivity index is 0.000000370. The van der Waals surface area contributed by atoms with Gasteiger partial charge in [0.25, 0.3) is 0 Å². The van der Waals surface area contributed by atoms with Crippen LogP contribution in [0.3, 0.4) is 0 Å². The first-order valence-corrected chi connectivity index (χ1v) is 7.06. The van der Waals surface area contributed by atoms with Crippen molar-refractivity contribution in [1.82, 2.24) is 0 Å². The lowest BCUT2D eigenvalue weighted by molar-refractivity contribution is -0.0328. The van der Waals surface area contributed by atoms with Crippen molar-refractivity contribution in [1.29, 1.82) is 0 Å². The molecule has 0 saturated heterocycles. The highest BCUT2D eigenvalue weighted by molar-refractivity contribution is 7.38. The zero-order chi connectivity index (χ0) is 15.6. The second-order valence-electron chi connectivity index (χ2n) is 4.22. The average molecular weight is 307 g/mol. The molecule has 20 heavy (non-hydrogen) atoms. The summed E-state index contributed by atoms with van der Waals surface area (Å²) in [7, 11) is -2.53. The molecule has 6 N–H and O–H groups in total. The van der Waals surface area contributed by atoms with Crippen LogP contribution in [0.25, 0.3) is 0 Å². The van der Waals surface area contributed by atoms with Crippen molar-refractivity contribution < 1.29 is 35.0 Å². The number of benzene rings is 1. The van der Waals surface area contributed by atoms with E-state index in [0.717, 1.165) is 0 Å². The minimum atomic E-state index is -2.53. The Hall–Kier alpha value is -0.920. The molecule has 7 nitrogen and oxygen atoms in total. The fraction of sp³-hybridized carbons (Fsp3) is 0.500. The predicted octanol–water partition coefficient (Wildman–Crippen LogP) is -0.646. The topological polar surface area (TPSA) is 138 Å². The minimum Gasteiger partial charge on any atom is -0.396 e. The van der Waals surface area contributed by atoms with E-state index in [2.05, 4.69) is 0 Å². The fourth-order valence-corrected chi connectivity index (χ4v) is 1.48. The number of aliphatic hydroxyl groups excluding tert-OH is 5. The Kier molecular flexibility index (Phi) is 9.45. The van der Waals surface area contributed by atoms with E-state index < -0.39 is 45.7 Å². The zero-order valence-corrected chi connectivity index (χ0v) is 11.7. The molecule has 0 aliphatic carbocycles. The molecule has 0 spiro atoms. The van der Waals surface area contributed by atoms with Gasteiger partial charge < -0.3 is 25.5 Å². The number of hydrogen-bond acceptors (Lipinski definition) is 6. The SMILES string of the molecule is O=[P+](O)C(O)c1ccccc1.OCC(CO)(CO)CO. The van der Waals surface area contributed by atoms with Gasteiger partial charge in [-0.05, 0) is 4.57 Å². The monoisotopic (exact) mass is 307 g/mol. The standard InChI is InChI=1S/C7H7O3P.C5H12O4/c8-7(11(9)10)6-4-2-1-3-5-6;6-1-5(2-7,3-8)4-9/h1-5,7-8H;6-9H,1-4H2/p+1. The summed E-state index contributed by atoms with van der Waals surface area (Å²) < 4.78 is 10.4. The molecule has 0 heterocycles. The average Bonchev–Trinajstić information content (AvgIpc) is 2.51. The van der Waals surface area contributed by atoms with Crippen LogP contribution in [0, 0.1) is 5.41 Å². The highest BCUT2D eigenvalue weighted by atomic mass is 31.1. The highest BCUT2D eigenvalue weighted by Crippen LogP contribution is 2.34. The molecular weight excluding hydrogens is 287 g/mol. The van der Waals surface area contributed by atoms with Crippen molar-refractivity contribution in [3.05, 3.63) is 35.9 Å². The summed E-state index contributed by atoms with van der Waals surface area (Å²) in [5.41, 5.74) is -0.642. The Morgan fingerprint density at radius 1 is 0.950 bits per heavy atom. The Morgan fingerprint density at radius 2 is 1.35 bits per heavy atom. The van der Waals surface area contributed by atoms with E-state index in [4.69, 9.17) is 30.4 Å². The second kappa shape index (κ2) is 9.90. The van der Waals surface area contributed by atoms with Gasteiger partial charge in [-0.2, -0.15) is 4.89 Å². The summed E-state index contributed by atoms with van der Waals surface area (Å²) >= 11 is 0. The summed E-state index contributed by atoms with van der Waals surface area (Å²) in [6, 6.07) is 8.40.